The zero-order valence-corrected chi connectivity index (χ0v) is 15.1. The Morgan fingerprint density at radius 2 is 2.08 bits per heavy atom. The maximum Gasteiger partial charge on any atom is 0.340 e. The van der Waals surface area contributed by atoms with Gasteiger partial charge < -0.3 is 10.1 Å². The minimum atomic E-state index is -0.373. The number of esters is 1. The number of methoxy groups -OCH3 is 1. The van der Waals surface area contributed by atoms with Gasteiger partial charge in [0.15, 0.2) is 0 Å². The van der Waals surface area contributed by atoms with Crippen LogP contribution in [-0.4, -0.2) is 37.1 Å². The first-order valence-corrected chi connectivity index (χ1v) is 8.94. The number of nitrogens with zero attached hydrogens (tertiary/aromatic N) is 1. The molecule has 0 radical (unpaired) electrons. The minimum Gasteiger partial charge on any atom is -0.465 e. The van der Waals surface area contributed by atoms with E-state index < -0.39 is 0 Å². The van der Waals surface area contributed by atoms with Crippen molar-refractivity contribution in [3.63, 3.8) is 0 Å². The van der Waals surface area contributed by atoms with E-state index in [0.717, 1.165) is 38.2 Å². The molecule has 1 saturated heterocycles. The van der Waals surface area contributed by atoms with E-state index in [9.17, 15) is 4.79 Å². The molecule has 0 spiro atoms. The SMILES string of the molecule is COC(=O)c1cc(Cl)ccc1NC1CCCN(Cc2ccccc2)C1. The first-order chi connectivity index (χ1) is 12.2. The molecule has 4 nitrogen and oxygen atoms in total. The van der Waals surface area contributed by atoms with Gasteiger partial charge in [0.2, 0.25) is 0 Å². The summed E-state index contributed by atoms with van der Waals surface area (Å²) in [6, 6.07) is 16.1. The van der Waals surface area contributed by atoms with Crippen LogP contribution in [0.15, 0.2) is 48.5 Å². The second-order valence-electron chi connectivity index (χ2n) is 6.39. The number of halogens is 1. The number of ether oxygens (including phenoxy) is 1. The molecule has 0 saturated carbocycles. The molecule has 5 heteroatoms. The summed E-state index contributed by atoms with van der Waals surface area (Å²) >= 11 is 6.03. The van der Waals surface area contributed by atoms with Crippen LogP contribution >= 0.6 is 11.6 Å². The monoisotopic (exact) mass is 358 g/mol. The second-order valence-corrected chi connectivity index (χ2v) is 6.82. The summed E-state index contributed by atoms with van der Waals surface area (Å²) in [6.07, 6.45) is 2.21. The van der Waals surface area contributed by atoms with Crippen molar-refractivity contribution in [2.24, 2.45) is 0 Å². The van der Waals surface area contributed by atoms with E-state index in [-0.39, 0.29) is 5.97 Å². The summed E-state index contributed by atoms with van der Waals surface area (Å²) in [5, 5.41) is 4.03. The Hall–Kier alpha value is -2.04. The maximum atomic E-state index is 12.0. The van der Waals surface area contributed by atoms with E-state index in [1.165, 1.54) is 12.7 Å². The van der Waals surface area contributed by atoms with Gasteiger partial charge in [-0.2, -0.15) is 0 Å². The number of hydrogen-bond donors (Lipinski definition) is 1. The van der Waals surface area contributed by atoms with E-state index >= 15 is 0 Å². The number of rotatable bonds is 5. The minimum absolute atomic E-state index is 0.294. The van der Waals surface area contributed by atoms with E-state index in [2.05, 4.69) is 34.5 Å². The molecule has 0 bridgehead atoms. The molecule has 132 valence electrons. The molecule has 0 aromatic heterocycles. The zero-order valence-electron chi connectivity index (χ0n) is 14.4. The van der Waals surface area contributed by atoms with E-state index in [4.69, 9.17) is 16.3 Å². The molecule has 1 heterocycles. The predicted octanol–water partition coefficient (Wildman–Crippen LogP) is 4.20. The summed E-state index contributed by atoms with van der Waals surface area (Å²) in [6.45, 7) is 2.99. The second kappa shape index (κ2) is 8.37. The topological polar surface area (TPSA) is 41.6 Å². The van der Waals surface area contributed by atoms with Crippen LogP contribution in [0.3, 0.4) is 0 Å². The van der Waals surface area contributed by atoms with Gasteiger partial charge in [0, 0.05) is 29.8 Å². The molecule has 3 rings (SSSR count). The number of likely N-dealkylation sites (tertiary alicyclic amines) is 1. The van der Waals surface area contributed by atoms with E-state index in [1.54, 1.807) is 12.1 Å². The number of piperidine rings is 1. The number of hydrogen-bond acceptors (Lipinski definition) is 4. The van der Waals surface area contributed by atoms with Crippen molar-refractivity contribution >= 4 is 23.3 Å². The highest BCUT2D eigenvalue weighted by Crippen LogP contribution is 2.24. The number of carbonyl (C=O) groups is 1. The quantitative estimate of drug-likeness (QED) is 0.813. The lowest BCUT2D eigenvalue weighted by molar-refractivity contribution is 0.0601. The van der Waals surface area contributed by atoms with Gasteiger partial charge >= 0.3 is 5.97 Å². The van der Waals surface area contributed by atoms with Gasteiger partial charge in [0.1, 0.15) is 0 Å². The van der Waals surface area contributed by atoms with Crippen LogP contribution in [0, 0.1) is 0 Å². The molecule has 0 amide bonds. The average molecular weight is 359 g/mol. The van der Waals surface area contributed by atoms with Crippen LogP contribution in [0.4, 0.5) is 5.69 Å². The lowest BCUT2D eigenvalue weighted by atomic mass is 10.0. The van der Waals surface area contributed by atoms with Crippen LogP contribution in [0.1, 0.15) is 28.8 Å². The van der Waals surface area contributed by atoms with Gasteiger partial charge in [-0.3, -0.25) is 4.90 Å². The molecule has 25 heavy (non-hydrogen) atoms. The normalized spacial score (nSPS) is 17.9. The third kappa shape index (κ3) is 4.74. The highest BCUT2D eigenvalue weighted by atomic mass is 35.5. The fourth-order valence-corrected chi connectivity index (χ4v) is 3.47. The Bertz CT molecular complexity index is 721. The number of nitrogens with one attached hydrogen (secondary N) is 1. The molecule has 1 fully saturated rings. The Kier molecular flexibility index (Phi) is 5.95. The summed E-state index contributed by atoms with van der Waals surface area (Å²) in [7, 11) is 1.38. The maximum absolute atomic E-state index is 12.0. The highest BCUT2D eigenvalue weighted by Gasteiger charge is 2.22. The van der Waals surface area contributed by atoms with Gasteiger partial charge in [-0.25, -0.2) is 4.79 Å². The van der Waals surface area contributed by atoms with Crippen molar-refractivity contribution in [3.8, 4) is 0 Å². The number of carbonyl (C=O) groups excluding carboxylic acids is 1. The van der Waals surface area contributed by atoms with Gasteiger partial charge in [-0.1, -0.05) is 41.9 Å². The standard InChI is InChI=1S/C20H23ClN2O2/c1-25-20(24)18-12-16(21)9-10-19(18)22-17-8-5-11-23(14-17)13-15-6-3-2-4-7-15/h2-4,6-7,9-10,12,17,22H,5,8,11,13-14H2,1H3. The number of anilines is 1. The van der Waals surface area contributed by atoms with Crippen molar-refractivity contribution in [2.75, 3.05) is 25.5 Å². The molecule has 2 aromatic rings. The Balaban J connectivity index is 1.68. The number of benzene rings is 2. The summed E-state index contributed by atoms with van der Waals surface area (Å²) in [5.41, 5.74) is 2.59. The first kappa shape index (κ1) is 17.8. The molecule has 1 unspecified atom stereocenters. The van der Waals surface area contributed by atoms with Gasteiger partial charge in [-0.05, 0) is 43.1 Å². The summed E-state index contributed by atoms with van der Waals surface area (Å²) in [5.74, 6) is -0.373. The first-order valence-electron chi connectivity index (χ1n) is 8.56. The van der Waals surface area contributed by atoms with Crippen molar-refractivity contribution in [1.29, 1.82) is 0 Å². The van der Waals surface area contributed by atoms with Gasteiger partial charge in [-0.15, -0.1) is 0 Å². The molecule has 1 aliphatic heterocycles. The predicted molar refractivity (Wildman–Crippen MR) is 101 cm³/mol. The Labute approximate surface area is 153 Å². The lowest BCUT2D eigenvalue weighted by Crippen LogP contribution is -2.41. The molecule has 0 aliphatic carbocycles. The molecule has 2 aromatic carbocycles. The van der Waals surface area contributed by atoms with Crippen molar-refractivity contribution < 1.29 is 9.53 Å². The molecular formula is C20H23ClN2O2. The fraction of sp³-hybridized carbons (Fsp3) is 0.350. The van der Waals surface area contributed by atoms with Gasteiger partial charge in [0.05, 0.1) is 12.7 Å². The molecule has 1 N–H and O–H groups in total. The van der Waals surface area contributed by atoms with Crippen LogP contribution in [0.5, 0.6) is 0 Å². The Morgan fingerprint density at radius 3 is 2.84 bits per heavy atom. The molecular weight excluding hydrogens is 336 g/mol. The van der Waals surface area contributed by atoms with Gasteiger partial charge in [0.25, 0.3) is 0 Å². The summed E-state index contributed by atoms with van der Waals surface area (Å²) < 4.78 is 4.87. The average Bonchev–Trinajstić information content (AvgIpc) is 2.64. The van der Waals surface area contributed by atoms with Crippen molar-refractivity contribution in [3.05, 3.63) is 64.7 Å². The van der Waals surface area contributed by atoms with Crippen molar-refractivity contribution in [2.45, 2.75) is 25.4 Å². The largest absolute Gasteiger partial charge is 0.465 e. The van der Waals surface area contributed by atoms with Crippen LogP contribution in [0.25, 0.3) is 0 Å². The highest BCUT2D eigenvalue weighted by molar-refractivity contribution is 6.31. The lowest BCUT2D eigenvalue weighted by Gasteiger charge is -2.34. The Morgan fingerprint density at radius 1 is 1.28 bits per heavy atom. The van der Waals surface area contributed by atoms with E-state index in [0.29, 0.717) is 16.6 Å². The third-order valence-electron chi connectivity index (χ3n) is 4.50. The molecule has 1 aliphatic rings. The van der Waals surface area contributed by atoms with Crippen LogP contribution < -0.4 is 5.32 Å². The zero-order chi connectivity index (χ0) is 17.6. The van der Waals surface area contributed by atoms with Crippen LogP contribution in [-0.2, 0) is 11.3 Å². The van der Waals surface area contributed by atoms with E-state index in [1.807, 2.05) is 12.1 Å². The smallest absolute Gasteiger partial charge is 0.340 e. The van der Waals surface area contributed by atoms with Crippen molar-refractivity contribution in [1.82, 2.24) is 4.90 Å². The summed E-state index contributed by atoms with van der Waals surface area (Å²) in [4.78, 5) is 14.5. The third-order valence-corrected chi connectivity index (χ3v) is 4.74. The molecule has 1 atom stereocenters. The van der Waals surface area contributed by atoms with Crippen LogP contribution in [0.2, 0.25) is 5.02 Å². The fourth-order valence-electron chi connectivity index (χ4n) is 3.30.